The Balaban J connectivity index is 1.98. The number of rotatable bonds is 5. The third-order valence-electron chi connectivity index (χ3n) is 5.20. The van der Waals surface area contributed by atoms with Crippen LogP contribution in [0.1, 0.15) is 31.0 Å². The molecule has 11 heteroatoms. The molecule has 0 spiro atoms. The van der Waals surface area contributed by atoms with E-state index in [9.17, 15) is 24.8 Å². The van der Waals surface area contributed by atoms with Crippen LogP contribution in [-0.4, -0.2) is 27.2 Å². The van der Waals surface area contributed by atoms with Gasteiger partial charge in [-0.15, -0.1) is 0 Å². The van der Waals surface area contributed by atoms with E-state index in [2.05, 4.69) is 20.9 Å². The van der Waals surface area contributed by atoms with Crippen LogP contribution in [0.2, 0.25) is 0 Å². The lowest BCUT2D eigenvalue weighted by atomic mass is 9.96. The van der Waals surface area contributed by atoms with E-state index >= 15 is 0 Å². The number of nitro benzene ring substituents is 1. The van der Waals surface area contributed by atoms with Gasteiger partial charge in [-0.2, -0.15) is 0 Å². The summed E-state index contributed by atoms with van der Waals surface area (Å²) >= 11 is 4.26. The largest absolute Gasteiger partial charge is 0.502 e. The first kappa shape index (κ1) is 23.6. The molecule has 0 amide bonds. The Kier molecular flexibility index (Phi) is 6.49. The first-order chi connectivity index (χ1) is 16.2. The van der Waals surface area contributed by atoms with Crippen LogP contribution >= 0.6 is 27.3 Å². The zero-order valence-corrected chi connectivity index (χ0v) is 20.4. The van der Waals surface area contributed by atoms with Crippen molar-refractivity contribution >= 4 is 45.0 Å². The number of nitro groups is 1. The Bertz CT molecular complexity index is 1520. The van der Waals surface area contributed by atoms with Gasteiger partial charge >= 0.3 is 11.7 Å². The van der Waals surface area contributed by atoms with E-state index in [1.165, 1.54) is 22.8 Å². The van der Waals surface area contributed by atoms with Gasteiger partial charge in [0.2, 0.25) is 5.75 Å². The topological polar surface area (TPSA) is 124 Å². The molecule has 1 aliphatic heterocycles. The number of nitrogens with zero attached hydrogens (tertiary/aromatic N) is 3. The number of phenols is 1. The highest BCUT2D eigenvalue weighted by atomic mass is 79.9. The number of aromatic nitrogens is 1. The number of carbonyl (C=O) groups excluding carboxylic acids is 1. The van der Waals surface area contributed by atoms with E-state index < -0.39 is 33.9 Å². The van der Waals surface area contributed by atoms with Gasteiger partial charge in [-0.3, -0.25) is 19.5 Å². The number of thiazole rings is 1. The Morgan fingerprint density at radius 2 is 2.06 bits per heavy atom. The predicted octanol–water partition coefficient (Wildman–Crippen LogP) is 3.17. The van der Waals surface area contributed by atoms with Crippen molar-refractivity contribution in [3.8, 4) is 5.75 Å². The minimum absolute atomic E-state index is 0.101. The summed E-state index contributed by atoms with van der Waals surface area (Å²) < 4.78 is 7.23. The molecular weight excluding hydrogens is 526 g/mol. The molecule has 1 N–H and O–H groups in total. The Hall–Kier alpha value is -3.57. The summed E-state index contributed by atoms with van der Waals surface area (Å²) in [6.07, 6.45) is 1.38. The zero-order valence-electron chi connectivity index (χ0n) is 18.0. The maximum absolute atomic E-state index is 13.5. The number of esters is 1. The minimum atomic E-state index is -0.760. The van der Waals surface area contributed by atoms with E-state index in [0.29, 0.717) is 20.5 Å². The highest BCUT2D eigenvalue weighted by molar-refractivity contribution is 9.10. The number of hydrogen-bond acceptors (Lipinski definition) is 8. The second-order valence-electron chi connectivity index (χ2n) is 7.33. The number of fused-ring (bicyclic) bond motifs is 1. The maximum Gasteiger partial charge on any atom is 0.338 e. The molecule has 9 nitrogen and oxygen atoms in total. The van der Waals surface area contributed by atoms with Crippen LogP contribution in [0.3, 0.4) is 0 Å². The summed E-state index contributed by atoms with van der Waals surface area (Å²) in [4.78, 5) is 41.8. The van der Waals surface area contributed by atoms with Crippen molar-refractivity contribution in [1.82, 2.24) is 4.57 Å². The van der Waals surface area contributed by atoms with Crippen molar-refractivity contribution in [2.24, 2.45) is 4.99 Å². The molecule has 1 aromatic heterocycles. The molecule has 3 aromatic rings. The summed E-state index contributed by atoms with van der Waals surface area (Å²) in [6.45, 7) is 3.55. The number of aromatic hydroxyl groups is 1. The van der Waals surface area contributed by atoms with Crippen LogP contribution in [0, 0.1) is 10.1 Å². The van der Waals surface area contributed by atoms with Crippen LogP contribution in [0.15, 0.2) is 68.0 Å². The molecule has 0 saturated carbocycles. The fourth-order valence-corrected chi connectivity index (χ4v) is 5.24. The molecule has 0 radical (unpaired) electrons. The number of carbonyl (C=O) groups is 1. The normalized spacial score (nSPS) is 15.6. The minimum Gasteiger partial charge on any atom is -0.502 e. The first-order valence-electron chi connectivity index (χ1n) is 10.1. The van der Waals surface area contributed by atoms with Crippen LogP contribution in [-0.2, 0) is 9.53 Å². The predicted molar refractivity (Wildman–Crippen MR) is 129 cm³/mol. The van der Waals surface area contributed by atoms with Crippen LogP contribution in [0.4, 0.5) is 5.69 Å². The fourth-order valence-electron chi connectivity index (χ4n) is 3.74. The van der Waals surface area contributed by atoms with Crippen molar-refractivity contribution in [1.29, 1.82) is 0 Å². The highest BCUT2D eigenvalue weighted by Gasteiger charge is 2.33. The molecule has 1 aliphatic rings. The number of hydrogen-bond donors (Lipinski definition) is 1. The quantitative estimate of drug-likeness (QED) is 0.299. The van der Waals surface area contributed by atoms with Crippen LogP contribution < -0.4 is 14.9 Å². The zero-order chi connectivity index (χ0) is 24.6. The molecule has 0 saturated heterocycles. The van der Waals surface area contributed by atoms with Crippen molar-refractivity contribution in [3.05, 3.63) is 99.1 Å². The number of benzene rings is 2. The van der Waals surface area contributed by atoms with Gasteiger partial charge in [0, 0.05) is 16.1 Å². The second-order valence-corrected chi connectivity index (χ2v) is 9.26. The SMILES string of the molecule is CCOC(=O)C1=C(C)N=c2s/c(=C\c3cc(Br)cc([N+](=O)[O-])c3O)c(=O)n2C1c1ccccc1. The average molecular weight is 544 g/mol. The number of phenolic OH excluding ortho intramolecular Hbond substituents is 1. The molecule has 2 heterocycles. The summed E-state index contributed by atoms with van der Waals surface area (Å²) in [5.74, 6) is -1.12. The smallest absolute Gasteiger partial charge is 0.338 e. The van der Waals surface area contributed by atoms with Gasteiger partial charge in [-0.05, 0) is 31.6 Å². The second kappa shape index (κ2) is 9.35. The van der Waals surface area contributed by atoms with Gasteiger partial charge in [0.1, 0.15) is 0 Å². The lowest BCUT2D eigenvalue weighted by Crippen LogP contribution is -2.39. The van der Waals surface area contributed by atoms with Crippen molar-refractivity contribution in [3.63, 3.8) is 0 Å². The number of ether oxygens (including phenoxy) is 1. The Labute approximate surface area is 205 Å². The molecule has 1 atom stereocenters. The summed E-state index contributed by atoms with van der Waals surface area (Å²) in [5, 5.41) is 21.7. The van der Waals surface area contributed by atoms with Crippen molar-refractivity contribution < 1.29 is 19.6 Å². The van der Waals surface area contributed by atoms with Crippen molar-refractivity contribution in [2.75, 3.05) is 6.61 Å². The summed E-state index contributed by atoms with van der Waals surface area (Å²) in [6, 6.07) is 11.0. The van der Waals surface area contributed by atoms with Gasteiger partial charge < -0.3 is 9.84 Å². The lowest BCUT2D eigenvalue weighted by Gasteiger charge is -2.24. The van der Waals surface area contributed by atoms with E-state index in [1.54, 1.807) is 13.8 Å². The molecule has 1 unspecified atom stereocenters. The molecule has 4 rings (SSSR count). The van der Waals surface area contributed by atoms with Gasteiger partial charge in [0.15, 0.2) is 4.80 Å². The first-order valence-corrected chi connectivity index (χ1v) is 11.7. The average Bonchev–Trinajstić information content (AvgIpc) is 3.10. The van der Waals surface area contributed by atoms with E-state index in [0.717, 1.165) is 11.3 Å². The Morgan fingerprint density at radius 3 is 2.71 bits per heavy atom. The molecule has 34 heavy (non-hydrogen) atoms. The number of allylic oxidation sites excluding steroid dienone is 1. The highest BCUT2D eigenvalue weighted by Crippen LogP contribution is 2.34. The summed E-state index contributed by atoms with van der Waals surface area (Å²) in [7, 11) is 0. The van der Waals surface area contributed by atoms with E-state index in [-0.39, 0.29) is 22.3 Å². The third-order valence-corrected chi connectivity index (χ3v) is 6.64. The molecule has 0 fully saturated rings. The van der Waals surface area contributed by atoms with Crippen molar-refractivity contribution in [2.45, 2.75) is 19.9 Å². The lowest BCUT2D eigenvalue weighted by molar-refractivity contribution is -0.385. The summed E-state index contributed by atoms with van der Waals surface area (Å²) in [5.41, 5.74) is 0.552. The van der Waals surface area contributed by atoms with Gasteiger partial charge in [0.25, 0.3) is 5.56 Å². The van der Waals surface area contributed by atoms with E-state index in [4.69, 9.17) is 4.74 Å². The van der Waals surface area contributed by atoms with E-state index in [1.807, 2.05) is 30.3 Å². The van der Waals surface area contributed by atoms with Gasteiger partial charge in [-0.25, -0.2) is 9.79 Å². The maximum atomic E-state index is 13.5. The fraction of sp³-hybridized carbons (Fsp3) is 0.174. The van der Waals surface area contributed by atoms with Gasteiger partial charge in [-0.1, -0.05) is 57.6 Å². The monoisotopic (exact) mass is 543 g/mol. The molecule has 0 bridgehead atoms. The third kappa shape index (κ3) is 4.19. The molecule has 174 valence electrons. The molecule has 0 aliphatic carbocycles. The number of halogens is 1. The van der Waals surface area contributed by atoms with Crippen LogP contribution in [0.5, 0.6) is 5.75 Å². The molecular formula is C23H18BrN3O6S. The van der Waals surface area contributed by atoms with Gasteiger partial charge in [0.05, 0.1) is 33.4 Å². The standard InChI is InChI=1S/C23H18BrN3O6S/c1-3-33-22(30)18-12(2)25-23-26(19(18)13-7-5-4-6-8-13)21(29)17(34-23)10-14-9-15(24)11-16(20(14)28)27(31)32/h4-11,19,28H,3H2,1-2H3/b17-10-. The van der Waals surface area contributed by atoms with Crippen LogP contribution in [0.25, 0.3) is 6.08 Å². The Morgan fingerprint density at radius 1 is 1.35 bits per heavy atom. The molecule has 2 aromatic carbocycles.